The van der Waals surface area contributed by atoms with E-state index in [0.717, 1.165) is 10.9 Å². The summed E-state index contributed by atoms with van der Waals surface area (Å²) in [4.78, 5) is 13.5. The van der Waals surface area contributed by atoms with Crippen molar-refractivity contribution in [1.82, 2.24) is 0 Å². The van der Waals surface area contributed by atoms with Gasteiger partial charge in [-0.1, -0.05) is 6.07 Å². The molecule has 1 saturated heterocycles. The van der Waals surface area contributed by atoms with Crippen molar-refractivity contribution < 1.29 is 31.9 Å². The van der Waals surface area contributed by atoms with Crippen molar-refractivity contribution >= 4 is 22.7 Å². The zero-order valence-corrected chi connectivity index (χ0v) is 14.3. The fourth-order valence-corrected chi connectivity index (χ4v) is 3.07. The van der Waals surface area contributed by atoms with Crippen LogP contribution in [-0.4, -0.2) is 38.6 Å². The summed E-state index contributed by atoms with van der Waals surface area (Å²) >= 11 is 0. The Balaban J connectivity index is 1.67. The van der Waals surface area contributed by atoms with Crippen molar-refractivity contribution in [1.29, 1.82) is 0 Å². The van der Waals surface area contributed by atoms with Crippen LogP contribution in [0.5, 0.6) is 0 Å². The monoisotopic (exact) mass is 371 g/mol. The maximum absolute atomic E-state index is 12.2. The van der Waals surface area contributed by atoms with E-state index in [2.05, 4.69) is 0 Å². The Kier molecular flexibility index (Phi) is 5.41. The lowest BCUT2D eigenvalue weighted by Gasteiger charge is -2.10. The number of ether oxygens (including phenoxy) is 2. The lowest BCUT2D eigenvalue weighted by molar-refractivity contribution is -0.135. The molecule has 1 aromatic heterocycles. The summed E-state index contributed by atoms with van der Waals surface area (Å²) in [5.41, 5.74) is 2.12. The molecule has 26 heavy (non-hydrogen) atoms. The number of amides is 1. The molecule has 2 aromatic rings. The highest BCUT2D eigenvalue weighted by Crippen LogP contribution is 2.33. The number of rotatable bonds is 7. The van der Waals surface area contributed by atoms with Crippen LogP contribution in [0.25, 0.3) is 11.0 Å². The number of cyclic esters (lactones) is 1. The van der Waals surface area contributed by atoms with Crippen molar-refractivity contribution in [2.75, 3.05) is 25.2 Å². The molecule has 1 aliphatic heterocycles. The van der Waals surface area contributed by atoms with E-state index in [4.69, 9.17) is 13.9 Å². The third-order valence-corrected chi connectivity index (χ3v) is 4.31. The summed E-state index contributed by atoms with van der Waals surface area (Å²) in [7, 11) is 1.54. The second-order valence-electron chi connectivity index (χ2n) is 6.35. The summed E-state index contributed by atoms with van der Waals surface area (Å²) in [6, 6.07) is 5.48. The molecule has 2 heterocycles. The third kappa shape index (κ3) is 4.30. The van der Waals surface area contributed by atoms with Crippen LogP contribution in [0.2, 0.25) is 0 Å². The van der Waals surface area contributed by atoms with Crippen LogP contribution < -0.4 is 4.90 Å². The number of nitrogens with zero attached hydrogens (tertiary/aromatic N) is 1. The highest BCUT2D eigenvalue weighted by molar-refractivity contribution is 6.01. The highest BCUT2D eigenvalue weighted by atomic mass is 19.4. The first-order chi connectivity index (χ1) is 12.4. The van der Waals surface area contributed by atoms with Crippen LogP contribution in [-0.2, 0) is 15.9 Å². The number of halogens is 3. The minimum Gasteiger partial charge on any atom is -0.462 e. The predicted molar refractivity (Wildman–Crippen MR) is 89.3 cm³/mol. The standard InChI is InChI=1S/C18H20F3NO4/c1-24-10-13-9-22(17(23)26-13)15-11-25-16-8-12(5-6-14(15)16)4-2-3-7-18(19,20)21/h5-6,8,11,13H,2-4,7,9-10H2,1H3/t13-/m1/s1. The van der Waals surface area contributed by atoms with Gasteiger partial charge in [-0.15, -0.1) is 0 Å². The Morgan fingerprint density at radius 1 is 1.31 bits per heavy atom. The van der Waals surface area contributed by atoms with E-state index in [9.17, 15) is 18.0 Å². The van der Waals surface area contributed by atoms with E-state index in [0.29, 0.717) is 37.3 Å². The molecular formula is C18H20F3NO4. The number of carbonyl (C=O) groups is 1. The molecule has 0 aliphatic carbocycles. The maximum atomic E-state index is 12.2. The van der Waals surface area contributed by atoms with Gasteiger partial charge in [-0.25, -0.2) is 4.79 Å². The normalized spacial score (nSPS) is 17.9. The van der Waals surface area contributed by atoms with Crippen molar-refractivity contribution in [3.63, 3.8) is 0 Å². The van der Waals surface area contributed by atoms with Crippen LogP contribution in [0, 0.1) is 0 Å². The van der Waals surface area contributed by atoms with E-state index in [1.165, 1.54) is 11.2 Å². The Morgan fingerprint density at radius 2 is 2.12 bits per heavy atom. The molecule has 1 aliphatic rings. The summed E-state index contributed by atoms with van der Waals surface area (Å²) in [5.74, 6) is 0. The molecule has 0 saturated carbocycles. The van der Waals surface area contributed by atoms with E-state index in [1.54, 1.807) is 13.2 Å². The molecule has 8 heteroatoms. The van der Waals surface area contributed by atoms with Crippen LogP contribution in [0.15, 0.2) is 28.9 Å². The molecule has 1 aromatic carbocycles. The topological polar surface area (TPSA) is 51.9 Å². The Labute approximate surface area is 148 Å². The van der Waals surface area contributed by atoms with Gasteiger partial charge in [0.05, 0.1) is 18.8 Å². The first-order valence-electron chi connectivity index (χ1n) is 8.41. The molecule has 0 N–H and O–H groups in total. The van der Waals surface area contributed by atoms with Gasteiger partial charge in [-0.2, -0.15) is 13.2 Å². The van der Waals surface area contributed by atoms with Gasteiger partial charge in [-0.3, -0.25) is 4.90 Å². The minimum atomic E-state index is -4.11. The third-order valence-electron chi connectivity index (χ3n) is 4.31. The number of methoxy groups -OCH3 is 1. The van der Waals surface area contributed by atoms with Crippen LogP contribution >= 0.6 is 0 Å². The van der Waals surface area contributed by atoms with Gasteiger partial charge in [0.15, 0.2) is 0 Å². The second kappa shape index (κ2) is 7.57. The van der Waals surface area contributed by atoms with Gasteiger partial charge in [0.25, 0.3) is 0 Å². The molecule has 142 valence electrons. The fraction of sp³-hybridized carbons (Fsp3) is 0.500. The fourth-order valence-electron chi connectivity index (χ4n) is 3.07. The number of carbonyl (C=O) groups excluding carboxylic acids is 1. The molecule has 0 radical (unpaired) electrons. The van der Waals surface area contributed by atoms with Crippen molar-refractivity contribution in [2.24, 2.45) is 0 Å². The number of unbranched alkanes of at least 4 members (excludes halogenated alkanes) is 1. The largest absolute Gasteiger partial charge is 0.462 e. The van der Waals surface area contributed by atoms with Crippen molar-refractivity contribution in [3.05, 3.63) is 30.0 Å². The number of benzene rings is 1. The lowest BCUT2D eigenvalue weighted by atomic mass is 10.1. The van der Waals surface area contributed by atoms with Gasteiger partial charge in [0.2, 0.25) is 0 Å². The number of furan rings is 1. The molecular weight excluding hydrogens is 351 g/mol. The van der Waals surface area contributed by atoms with E-state index in [-0.39, 0.29) is 12.5 Å². The van der Waals surface area contributed by atoms with Gasteiger partial charge < -0.3 is 13.9 Å². The maximum Gasteiger partial charge on any atom is 0.414 e. The van der Waals surface area contributed by atoms with E-state index in [1.807, 2.05) is 12.1 Å². The number of alkyl halides is 3. The molecule has 0 spiro atoms. The van der Waals surface area contributed by atoms with Crippen molar-refractivity contribution in [2.45, 2.75) is 38.0 Å². The molecule has 0 bridgehead atoms. The molecule has 1 fully saturated rings. The van der Waals surface area contributed by atoms with Crippen LogP contribution in [0.1, 0.15) is 24.8 Å². The number of aryl methyl sites for hydroxylation is 1. The molecule has 1 amide bonds. The second-order valence-corrected chi connectivity index (χ2v) is 6.35. The average Bonchev–Trinajstić information content (AvgIpc) is 3.14. The van der Waals surface area contributed by atoms with E-state index < -0.39 is 18.7 Å². The van der Waals surface area contributed by atoms with Gasteiger partial charge in [0, 0.05) is 18.9 Å². The summed E-state index contributed by atoms with van der Waals surface area (Å²) in [5, 5.41) is 0.763. The number of fused-ring (bicyclic) bond motifs is 1. The number of hydrogen-bond acceptors (Lipinski definition) is 4. The molecule has 3 rings (SSSR count). The number of hydrogen-bond donors (Lipinski definition) is 0. The SMILES string of the molecule is COC[C@H]1CN(c2coc3cc(CCCCC(F)(F)F)ccc23)C(=O)O1. The first-order valence-corrected chi connectivity index (χ1v) is 8.41. The minimum absolute atomic E-state index is 0.103. The summed E-state index contributed by atoms with van der Waals surface area (Å²) in [6.07, 6.45) is -3.05. The molecule has 1 atom stereocenters. The molecule has 5 nitrogen and oxygen atoms in total. The summed E-state index contributed by atoms with van der Waals surface area (Å²) in [6.45, 7) is 0.695. The highest BCUT2D eigenvalue weighted by Gasteiger charge is 2.34. The van der Waals surface area contributed by atoms with Crippen molar-refractivity contribution in [3.8, 4) is 0 Å². The van der Waals surface area contributed by atoms with Crippen LogP contribution in [0.4, 0.5) is 23.7 Å². The van der Waals surface area contributed by atoms with Gasteiger partial charge >= 0.3 is 12.3 Å². The quantitative estimate of drug-likeness (QED) is 0.663. The lowest BCUT2D eigenvalue weighted by Crippen LogP contribution is -2.25. The number of anilines is 1. The Hall–Kier alpha value is -2.22. The van der Waals surface area contributed by atoms with E-state index >= 15 is 0 Å². The van der Waals surface area contributed by atoms with Crippen LogP contribution in [0.3, 0.4) is 0 Å². The smallest absolute Gasteiger partial charge is 0.414 e. The zero-order chi connectivity index (χ0) is 18.7. The average molecular weight is 371 g/mol. The van der Waals surface area contributed by atoms with Gasteiger partial charge in [-0.05, 0) is 37.0 Å². The zero-order valence-electron chi connectivity index (χ0n) is 14.3. The first kappa shape index (κ1) is 18.6. The van der Waals surface area contributed by atoms with Gasteiger partial charge in [0.1, 0.15) is 18.0 Å². The Bertz CT molecular complexity index is 771. The molecule has 0 unspecified atom stereocenters. The Morgan fingerprint density at radius 3 is 2.85 bits per heavy atom. The summed E-state index contributed by atoms with van der Waals surface area (Å²) < 4.78 is 52.3. The predicted octanol–water partition coefficient (Wildman–Crippen LogP) is 4.68.